The number of hydrogen-bond acceptors (Lipinski definition) is 5. The van der Waals surface area contributed by atoms with Gasteiger partial charge in [0.2, 0.25) is 0 Å². The zero-order valence-electron chi connectivity index (χ0n) is 17.4. The fourth-order valence-electron chi connectivity index (χ4n) is 4.71. The number of aryl methyl sites for hydroxylation is 1. The van der Waals surface area contributed by atoms with Crippen LogP contribution in [-0.4, -0.2) is 37.8 Å². The molecule has 1 aliphatic carbocycles. The van der Waals surface area contributed by atoms with Crippen LogP contribution in [0.5, 0.6) is 0 Å². The van der Waals surface area contributed by atoms with Crippen molar-refractivity contribution in [2.45, 2.75) is 75.9 Å². The number of alkyl halides is 1. The summed E-state index contributed by atoms with van der Waals surface area (Å²) in [6.07, 6.45) is 8.75. The second-order valence-electron chi connectivity index (χ2n) is 8.52. The summed E-state index contributed by atoms with van der Waals surface area (Å²) < 4.78 is 36.3. The lowest BCUT2D eigenvalue weighted by molar-refractivity contribution is 0.000814. The molecule has 2 aromatic heterocycles. The lowest BCUT2D eigenvalue weighted by Crippen LogP contribution is -2.33. The van der Waals surface area contributed by atoms with Gasteiger partial charge in [-0.1, -0.05) is 31.0 Å². The molecule has 2 aliphatic rings. The fourth-order valence-corrected chi connectivity index (χ4v) is 4.71. The number of fused-ring (bicyclic) bond motifs is 1. The molecule has 3 aromatic rings. The molecule has 0 spiro atoms. The lowest BCUT2D eigenvalue weighted by atomic mass is 9.93. The third-order valence-electron chi connectivity index (χ3n) is 6.45. The van der Waals surface area contributed by atoms with Gasteiger partial charge in [0.1, 0.15) is 24.5 Å². The van der Waals surface area contributed by atoms with Crippen LogP contribution in [0.1, 0.15) is 56.7 Å². The van der Waals surface area contributed by atoms with E-state index in [4.69, 9.17) is 4.74 Å². The third-order valence-corrected chi connectivity index (χ3v) is 6.45. The van der Waals surface area contributed by atoms with Crippen molar-refractivity contribution in [3.63, 3.8) is 0 Å². The molecule has 1 aliphatic heterocycles. The van der Waals surface area contributed by atoms with Crippen LogP contribution in [0.4, 0.5) is 14.6 Å². The van der Waals surface area contributed by atoms with Crippen LogP contribution < -0.4 is 5.32 Å². The van der Waals surface area contributed by atoms with Crippen molar-refractivity contribution in [2.75, 3.05) is 5.32 Å². The highest BCUT2D eigenvalue weighted by atomic mass is 19.1. The van der Waals surface area contributed by atoms with Crippen LogP contribution in [-0.2, 0) is 11.2 Å². The van der Waals surface area contributed by atoms with Crippen molar-refractivity contribution < 1.29 is 13.5 Å². The summed E-state index contributed by atoms with van der Waals surface area (Å²) in [7, 11) is 0. The molecule has 1 N–H and O–H groups in total. The highest BCUT2D eigenvalue weighted by molar-refractivity contribution is 5.82. The number of imidazole rings is 1. The summed E-state index contributed by atoms with van der Waals surface area (Å²) in [4.78, 5) is 13.2. The molecule has 4 atom stereocenters. The zero-order valence-corrected chi connectivity index (χ0v) is 17.4. The molecule has 31 heavy (non-hydrogen) atoms. The first-order valence-corrected chi connectivity index (χ1v) is 11.2. The van der Waals surface area contributed by atoms with Crippen molar-refractivity contribution in [3.05, 3.63) is 48.3 Å². The Kier molecular flexibility index (Phi) is 5.80. The van der Waals surface area contributed by atoms with E-state index < -0.39 is 6.17 Å². The molecule has 0 amide bonds. The highest BCUT2D eigenvalue weighted by Crippen LogP contribution is 2.34. The predicted molar refractivity (Wildman–Crippen MR) is 114 cm³/mol. The topological polar surface area (TPSA) is 64.9 Å². The molecule has 0 bridgehead atoms. The van der Waals surface area contributed by atoms with Gasteiger partial charge in [0.15, 0.2) is 17.0 Å². The van der Waals surface area contributed by atoms with Crippen molar-refractivity contribution >= 4 is 17.0 Å². The summed E-state index contributed by atoms with van der Waals surface area (Å²) in [5.41, 5.74) is 2.04. The average molecular weight is 427 g/mol. The van der Waals surface area contributed by atoms with Gasteiger partial charge in [0, 0.05) is 0 Å². The number of benzene rings is 1. The maximum atomic E-state index is 14.3. The summed E-state index contributed by atoms with van der Waals surface area (Å²) in [5, 5.41) is 3.25. The van der Waals surface area contributed by atoms with Crippen LogP contribution in [0.15, 0.2) is 36.9 Å². The normalized spacial score (nSPS) is 26.4. The molecule has 6 nitrogen and oxygen atoms in total. The molecule has 0 radical (unpaired) electrons. The number of ether oxygens (including phenoxy) is 1. The van der Waals surface area contributed by atoms with Crippen LogP contribution in [0, 0.1) is 5.82 Å². The van der Waals surface area contributed by atoms with E-state index in [0.717, 1.165) is 44.1 Å². The first-order chi connectivity index (χ1) is 15.2. The monoisotopic (exact) mass is 427 g/mol. The molecule has 8 heteroatoms. The predicted octanol–water partition coefficient (Wildman–Crippen LogP) is 4.97. The van der Waals surface area contributed by atoms with E-state index in [2.05, 4.69) is 20.3 Å². The summed E-state index contributed by atoms with van der Waals surface area (Å²) in [5.74, 6) is 0.412. The minimum absolute atomic E-state index is 0.0658. The Morgan fingerprint density at radius 3 is 2.81 bits per heavy atom. The standard InChI is InChI=1S/C23H27F2N5O/c24-17-6-2-1-5-15(17)9-10-16-11-12-20(31-16)30-14-28-21-22(26-13-27-23(21)30)29-19-8-4-3-7-18(19)25/h1-2,5-6,13-14,16,18-20H,3-4,7-12H2,(H,26,27,29)/t16-,18?,19?,20-/m1/s1. The van der Waals surface area contributed by atoms with Gasteiger partial charge in [-0.2, -0.15) is 0 Å². The van der Waals surface area contributed by atoms with E-state index >= 15 is 0 Å². The maximum absolute atomic E-state index is 14.3. The summed E-state index contributed by atoms with van der Waals surface area (Å²) >= 11 is 0. The number of aromatic nitrogens is 4. The second-order valence-corrected chi connectivity index (χ2v) is 8.52. The smallest absolute Gasteiger partial charge is 0.167 e. The van der Waals surface area contributed by atoms with Gasteiger partial charge in [-0.05, 0) is 50.2 Å². The van der Waals surface area contributed by atoms with Gasteiger partial charge in [-0.25, -0.2) is 23.7 Å². The number of rotatable bonds is 6. The van der Waals surface area contributed by atoms with Crippen molar-refractivity contribution in [1.29, 1.82) is 0 Å². The first-order valence-electron chi connectivity index (χ1n) is 11.2. The van der Waals surface area contributed by atoms with Gasteiger partial charge in [-0.3, -0.25) is 4.57 Å². The lowest BCUT2D eigenvalue weighted by Gasteiger charge is -2.27. The number of nitrogens with one attached hydrogen (secondary N) is 1. The number of hydrogen-bond donors (Lipinski definition) is 1. The maximum Gasteiger partial charge on any atom is 0.167 e. The molecule has 1 aromatic carbocycles. The van der Waals surface area contributed by atoms with Crippen LogP contribution >= 0.6 is 0 Å². The Labute approximate surface area is 180 Å². The third kappa shape index (κ3) is 4.26. The Morgan fingerprint density at radius 2 is 1.94 bits per heavy atom. The molecule has 1 saturated heterocycles. The van der Waals surface area contributed by atoms with Crippen molar-refractivity contribution in [3.8, 4) is 0 Å². The van der Waals surface area contributed by atoms with Crippen LogP contribution in [0.2, 0.25) is 0 Å². The molecule has 1 saturated carbocycles. The molecule has 5 rings (SSSR count). The van der Waals surface area contributed by atoms with Gasteiger partial charge in [0.05, 0.1) is 18.5 Å². The minimum Gasteiger partial charge on any atom is -0.362 e. The molecular formula is C23H27F2N5O. The zero-order chi connectivity index (χ0) is 21.2. The second kappa shape index (κ2) is 8.86. The van der Waals surface area contributed by atoms with Crippen molar-refractivity contribution in [1.82, 2.24) is 19.5 Å². The number of halogens is 2. The molecule has 2 unspecified atom stereocenters. The Hall–Kier alpha value is -2.61. The average Bonchev–Trinajstić information content (AvgIpc) is 3.42. The Balaban J connectivity index is 1.27. The van der Waals surface area contributed by atoms with E-state index in [1.165, 1.54) is 12.4 Å². The van der Waals surface area contributed by atoms with E-state index in [1.807, 2.05) is 16.7 Å². The van der Waals surface area contributed by atoms with Gasteiger partial charge in [0.25, 0.3) is 0 Å². The number of nitrogens with zero attached hydrogens (tertiary/aromatic N) is 4. The van der Waals surface area contributed by atoms with E-state index in [1.54, 1.807) is 12.4 Å². The number of anilines is 1. The quantitative estimate of drug-likeness (QED) is 0.602. The van der Waals surface area contributed by atoms with Crippen LogP contribution in [0.3, 0.4) is 0 Å². The van der Waals surface area contributed by atoms with Gasteiger partial charge in [-0.15, -0.1) is 0 Å². The fraction of sp³-hybridized carbons (Fsp3) is 0.522. The van der Waals surface area contributed by atoms with Crippen LogP contribution in [0.25, 0.3) is 11.2 Å². The van der Waals surface area contributed by atoms with E-state index in [9.17, 15) is 8.78 Å². The SMILES string of the molecule is Fc1ccccc1CC[C@@H]1CC[C@H](n2cnc3c(NC4CCCCC4F)ncnc32)O1. The van der Waals surface area contributed by atoms with Gasteiger partial charge < -0.3 is 10.1 Å². The molecule has 3 heterocycles. The minimum atomic E-state index is -0.866. The Bertz CT molecular complexity index is 1040. The highest BCUT2D eigenvalue weighted by Gasteiger charge is 2.29. The summed E-state index contributed by atoms with van der Waals surface area (Å²) in [6.45, 7) is 0. The van der Waals surface area contributed by atoms with Crippen molar-refractivity contribution in [2.24, 2.45) is 0 Å². The largest absolute Gasteiger partial charge is 0.362 e. The van der Waals surface area contributed by atoms with E-state index in [-0.39, 0.29) is 24.2 Å². The molecule has 164 valence electrons. The van der Waals surface area contributed by atoms with E-state index in [0.29, 0.717) is 29.8 Å². The van der Waals surface area contributed by atoms with Gasteiger partial charge >= 0.3 is 0 Å². The molecule has 2 fully saturated rings. The first kappa shape index (κ1) is 20.3. The molecular weight excluding hydrogens is 400 g/mol. The summed E-state index contributed by atoms with van der Waals surface area (Å²) in [6, 6.07) is 6.65. The Morgan fingerprint density at radius 1 is 1.06 bits per heavy atom.